The van der Waals surface area contributed by atoms with Crippen molar-refractivity contribution in [3.05, 3.63) is 54.4 Å². The van der Waals surface area contributed by atoms with Crippen molar-refractivity contribution >= 4 is 27.7 Å². The molecule has 1 aromatic heterocycles. The summed E-state index contributed by atoms with van der Waals surface area (Å²) in [6.07, 6.45) is 4.84. The van der Waals surface area contributed by atoms with Crippen molar-refractivity contribution in [3.63, 3.8) is 0 Å². The molecule has 0 aliphatic carbocycles. The van der Waals surface area contributed by atoms with Gasteiger partial charge in [0.05, 0.1) is 6.04 Å². The lowest BCUT2D eigenvalue weighted by Crippen LogP contribution is -2.32. The van der Waals surface area contributed by atoms with Gasteiger partial charge in [-0.3, -0.25) is 9.78 Å². The highest BCUT2D eigenvalue weighted by molar-refractivity contribution is 7.98. The molecule has 2 N–H and O–H groups in total. The van der Waals surface area contributed by atoms with Crippen molar-refractivity contribution in [2.45, 2.75) is 29.2 Å². The van der Waals surface area contributed by atoms with Crippen LogP contribution in [0.15, 0.2) is 58.6 Å². The van der Waals surface area contributed by atoms with Crippen LogP contribution in [-0.2, 0) is 14.8 Å². The topological polar surface area (TPSA) is 88.2 Å². The Morgan fingerprint density at radius 3 is 2.56 bits per heavy atom. The second-order valence-electron chi connectivity index (χ2n) is 5.40. The lowest BCUT2D eigenvalue weighted by Gasteiger charge is -2.15. The normalized spacial score (nSPS) is 12.6. The molecule has 25 heavy (non-hydrogen) atoms. The van der Waals surface area contributed by atoms with E-state index in [1.54, 1.807) is 17.8 Å². The summed E-state index contributed by atoms with van der Waals surface area (Å²) in [6, 6.07) is 10.8. The highest BCUT2D eigenvalue weighted by atomic mass is 32.2. The largest absolute Gasteiger partial charge is 0.350 e. The number of aromatic nitrogens is 1. The lowest BCUT2D eigenvalue weighted by atomic mass is 10.1. The molecule has 134 valence electrons. The van der Waals surface area contributed by atoms with Gasteiger partial charge < -0.3 is 5.32 Å². The SMILES string of the molecule is CSc1ccc([C@@H](C)NC(=O)CCNS(=O)(=O)c2cccnc2)cc1. The highest BCUT2D eigenvalue weighted by Gasteiger charge is 2.15. The fourth-order valence-corrected chi connectivity index (χ4v) is 3.58. The van der Waals surface area contributed by atoms with Crippen molar-refractivity contribution in [1.29, 1.82) is 0 Å². The Hall–Kier alpha value is -1.90. The molecular formula is C17H21N3O3S2. The Balaban J connectivity index is 1.82. The summed E-state index contributed by atoms with van der Waals surface area (Å²) in [5, 5.41) is 2.87. The van der Waals surface area contributed by atoms with Gasteiger partial charge in [0, 0.05) is 30.3 Å². The number of hydrogen-bond acceptors (Lipinski definition) is 5. The zero-order chi connectivity index (χ0) is 18.3. The number of pyridine rings is 1. The predicted octanol–water partition coefficient (Wildman–Crippen LogP) is 2.35. The van der Waals surface area contributed by atoms with Gasteiger partial charge in [0.15, 0.2) is 0 Å². The van der Waals surface area contributed by atoms with Crippen LogP contribution in [0.1, 0.15) is 24.9 Å². The molecule has 0 aliphatic rings. The fraction of sp³-hybridized carbons (Fsp3) is 0.294. The Kier molecular flexibility index (Phi) is 6.98. The maximum absolute atomic E-state index is 12.0. The van der Waals surface area contributed by atoms with Crippen LogP contribution in [0.5, 0.6) is 0 Å². The number of nitrogens with zero attached hydrogens (tertiary/aromatic N) is 1. The molecule has 6 nitrogen and oxygen atoms in total. The van der Waals surface area contributed by atoms with Crippen LogP contribution in [0, 0.1) is 0 Å². The summed E-state index contributed by atoms with van der Waals surface area (Å²) in [7, 11) is -3.64. The molecule has 0 unspecified atom stereocenters. The van der Waals surface area contributed by atoms with E-state index >= 15 is 0 Å². The molecule has 8 heteroatoms. The molecule has 0 fully saturated rings. The minimum absolute atomic E-state index is 0.0290. The Morgan fingerprint density at radius 1 is 1.24 bits per heavy atom. The van der Waals surface area contributed by atoms with Gasteiger partial charge in [-0.25, -0.2) is 13.1 Å². The van der Waals surface area contributed by atoms with Crippen molar-refractivity contribution < 1.29 is 13.2 Å². The van der Waals surface area contributed by atoms with Gasteiger partial charge in [0.1, 0.15) is 4.90 Å². The second-order valence-corrected chi connectivity index (χ2v) is 8.05. The number of nitrogens with one attached hydrogen (secondary N) is 2. The van der Waals surface area contributed by atoms with Crippen LogP contribution in [-0.4, -0.2) is 32.1 Å². The highest BCUT2D eigenvalue weighted by Crippen LogP contribution is 2.18. The van der Waals surface area contributed by atoms with Gasteiger partial charge in [-0.1, -0.05) is 12.1 Å². The van der Waals surface area contributed by atoms with E-state index in [0.717, 1.165) is 10.5 Å². The van der Waals surface area contributed by atoms with Gasteiger partial charge in [-0.2, -0.15) is 0 Å². The summed E-state index contributed by atoms with van der Waals surface area (Å²) in [5.41, 5.74) is 1.00. The number of rotatable bonds is 8. The number of sulfonamides is 1. The van der Waals surface area contributed by atoms with Gasteiger partial charge >= 0.3 is 0 Å². The van der Waals surface area contributed by atoms with Gasteiger partial charge in [0.25, 0.3) is 0 Å². The maximum atomic E-state index is 12.0. The number of amides is 1. The molecule has 0 bridgehead atoms. The van der Waals surface area contributed by atoms with E-state index in [2.05, 4.69) is 15.0 Å². The summed E-state index contributed by atoms with van der Waals surface area (Å²) in [4.78, 5) is 17.0. The summed E-state index contributed by atoms with van der Waals surface area (Å²) < 4.78 is 26.5. The quantitative estimate of drug-likeness (QED) is 0.688. The van der Waals surface area contributed by atoms with E-state index in [1.807, 2.05) is 37.4 Å². The van der Waals surface area contributed by atoms with E-state index in [1.165, 1.54) is 18.5 Å². The van der Waals surface area contributed by atoms with Gasteiger partial charge in [-0.15, -0.1) is 11.8 Å². The average Bonchev–Trinajstić information content (AvgIpc) is 2.62. The number of benzene rings is 1. The Morgan fingerprint density at radius 2 is 1.96 bits per heavy atom. The number of carbonyl (C=O) groups is 1. The predicted molar refractivity (Wildman–Crippen MR) is 98.8 cm³/mol. The smallest absolute Gasteiger partial charge is 0.242 e. The van der Waals surface area contributed by atoms with Crippen LogP contribution in [0.25, 0.3) is 0 Å². The average molecular weight is 380 g/mol. The molecule has 1 heterocycles. The molecule has 0 aliphatic heterocycles. The third-order valence-corrected chi connectivity index (χ3v) is 5.77. The first kappa shape index (κ1) is 19.4. The summed E-state index contributed by atoms with van der Waals surface area (Å²) in [5.74, 6) is -0.213. The van der Waals surface area contributed by atoms with Crippen molar-refractivity contribution in [3.8, 4) is 0 Å². The molecule has 0 saturated carbocycles. The van der Waals surface area contributed by atoms with Crippen LogP contribution in [0.4, 0.5) is 0 Å². The number of hydrogen-bond donors (Lipinski definition) is 2. The molecule has 1 aromatic carbocycles. The molecular weight excluding hydrogens is 358 g/mol. The fourth-order valence-electron chi connectivity index (χ4n) is 2.18. The van der Waals surface area contributed by atoms with E-state index in [4.69, 9.17) is 0 Å². The Bertz CT molecular complexity index is 794. The summed E-state index contributed by atoms with van der Waals surface area (Å²) >= 11 is 1.66. The molecule has 2 rings (SSSR count). The zero-order valence-corrected chi connectivity index (χ0v) is 15.7. The van der Waals surface area contributed by atoms with E-state index < -0.39 is 10.0 Å². The van der Waals surface area contributed by atoms with Gasteiger partial charge in [-0.05, 0) is 43.0 Å². The van der Waals surface area contributed by atoms with Crippen LogP contribution >= 0.6 is 11.8 Å². The third-order valence-electron chi connectivity index (χ3n) is 3.58. The maximum Gasteiger partial charge on any atom is 0.242 e. The minimum atomic E-state index is -3.64. The van der Waals surface area contributed by atoms with E-state index in [0.29, 0.717) is 0 Å². The first-order valence-electron chi connectivity index (χ1n) is 7.75. The standard InChI is InChI=1S/C17H21N3O3S2/c1-13(14-5-7-15(24-2)8-6-14)20-17(21)9-11-19-25(22,23)16-4-3-10-18-12-16/h3-8,10,12-13,19H,9,11H2,1-2H3,(H,20,21)/t13-/m1/s1. The number of carbonyl (C=O) groups excluding carboxylic acids is 1. The van der Waals surface area contributed by atoms with Crippen LogP contribution < -0.4 is 10.0 Å². The monoisotopic (exact) mass is 379 g/mol. The van der Waals surface area contributed by atoms with Gasteiger partial charge in [0.2, 0.25) is 15.9 Å². The third kappa shape index (κ3) is 5.84. The number of thioether (sulfide) groups is 1. The van der Waals surface area contributed by atoms with Crippen molar-refractivity contribution in [2.24, 2.45) is 0 Å². The lowest BCUT2D eigenvalue weighted by molar-refractivity contribution is -0.121. The zero-order valence-electron chi connectivity index (χ0n) is 14.1. The minimum Gasteiger partial charge on any atom is -0.350 e. The summed E-state index contributed by atoms with van der Waals surface area (Å²) in [6.45, 7) is 1.92. The molecule has 1 amide bonds. The Labute approximate surface area is 152 Å². The van der Waals surface area contributed by atoms with Crippen molar-refractivity contribution in [2.75, 3.05) is 12.8 Å². The molecule has 0 radical (unpaired) electrons. The first-order valence-corrected chi connectivity index (χ1v) is 10.5. The van der Waals surface area contributed by atoms with Crippen LogP contribution in [0.3, 0.4) is 0 Å². The molecule has 1 atom stereocenters. The second kappa shape index (κ2) is 8.98. The van der Waals surface area contributed by atoms with Crippen molar-refractivity contribution in [1.82, 2.24) is 15.0 Å². The molecule has 2 aromatic rings. The van der Waals surface area contributed by atoms with Crippen LogP contribution in [0.2, 0.25) is 0 Å². The first-order chi connectivity index (χ1) is 11.9. The van der Waals surface area contributed by atoms with E-state index in [-0.39, 0.29) is 29.8 Å². The molecule has 0 spiro atoms. The van der Waals surface area contributed by atoms with E-state index in [9.17, 15) is 13.2 Å². The molecule has 0 saturated heterocycles.